The Morgan fingerprint density at radius 1 is 1.00 bits per heavy atom. The van der Waals surface area contributed by atoms with E-state index in [4.69, 9.17) is 4.74 Å². The summed E-state index contributed by atoms with van der Waals surface area (Å²) in [5.74, 6) is 0.0299. The molecule has 0 aromatic heterocycles. The first-order valence-corrected chi connectivity index (χ1v) is 7.09. The van der Waals surface area contributed by atoms with Gasteiger partial charge in [0.15, 0.2) is 6.10 Å². The van der Waals surface area contributed by atoms with E-state index in [1.807, 2.05) is 0 Å². The molecule has 3 atom stereocenters. The van der Waals surface area contributed by atoms with Gasteiger partial charge in [0.1, 0.15) is 29.1 Å². The topological polar surface area (TPSA) is 90.2 Å². The molecule has 2 aromatic rings. The predicted molar refractivity (Wildman–Crippen MR) is 80.4 cm³/mol. The van der Waals surface area contributed by atoms with Crippen LogP contribution in [0.25, 0.3) is 0 Å². The largest absolute Gasteiger partial charge is 0.508 e. The van der Waals surface area contributed by atoms with Crippen molar-refractivity contribution in [3.8, 4) is 23.0 Å². The summed E-state index contributed by atoms with van der Waals surface area (Å²) in [7, 11) is 0. The molecule has 3 unspecified atom stereocenters. The van der Waals surface area contributed by atoms with Gasteiger partial charge in [-0.2, -0.15) is 0 Å². The van der Waals surface area contributed by atoms with Crippen LogP contribution in [0.2, 0.25) is 0 Å². The molecule has 0 amide bonds. The van der Waals surface area contributed by atoms with Gasteiger partial charge in [0.2, 0.25) is 0 Å². The van der Waals surface area contributed by atoms with Crippen molar-refractivity contribution in [2.24, 2.45) is 0 Å². The molecule has 1 heterocycles. The number of phenols is 3. The molecular formula is C17H18O5. The fraction of sp³-hybridized carbons (Fsp3) is 0.294. The molecule has 3 rings (SSSR count). The molecule has 5 nitrogen and oxygen atoms in total. The highest BCUT2D eigenvalue weighted by Gasteiger charge is 2.38. The molecule has 0 saturated heterocycles. The van der Waals surface area contributed by atoms with Crippen molar-refractivity contribution < 1.29 is 25.2 Å². The summed E-state index contributed by atoms with van der Waals surface area (Å²) >= 11 is 0. The number of phenolic OH excluding ortho intramolecular Hbond substituents is 3. The first-order valence-electron chi connectivity index (χ1n) is 7.09. The lowest BCUT2D eigenvalue weighted by Gasteiger charge is -2.36. The van der Waals surface area contributed by atoms with Crippen LogP contribution in [0.5, 0.6) is 23.0 Å². The van der Waals surface area contributed by atoms with Crippen molar-refractivity contribution in [1.82, 2.24) is 0 Å². The Morgan fingerprint density at radius 3 is 2.27 bits per heavy atom. The van der Waals surface area contributed by atoms with Gasteiger partial charge in [0.05, 0.1) is 0 Å². The summed E-state index contributed by atoms with van der Waals surface area (Å²) < 4.78 is 5.88. The van der Waals surface area contributed by atoms with Crippen LogP contribution >= 0.6 is 0 Å². The molecule has 0 aliphatic carbocycles. The average Bonchev–Trinajstić information content (AvgIpc) is 2.48. The smallest absolute Gasteiger partial charge is 0.150 e. The molecular weight excluding hydrogens is 284 g/mol. The zero-order valence-electron chi connectivity index (χ0n) is 12.3. The zero-order chi connectivity index (χ0) is 16.0. The van der Waals surface area contributed by atoms with Gasteiger partial charge in [-0.15, -0.1) is 0 Å². The Labute approximate surface area is 128 Å². The van der Waals surface area contributed by atoms with Crippen LogP contribution < -0.4 is 4.74 Å². The molecule has 0 spiro atoms. The van der Waals surface area contributed by atoms with E-state index in [2.05, 4.69) is 0 Å². The summed E-state index contributed by atoms with van der Waals surface area (Å²) in [4.78, 5) is 0. The molecule has 116 valence electrons. The number of aromatic hydroxyl groups is 3. The van der Waals surface area contributed by atoms with Crippen LogP contribution in [0.15, 0.2) is 30.3 Å². The molecule has 0 fully saturated rings. The van der Waals surface area contributed by atoms with Gasteiger partial charge in [-0.3, -0.25) is 0 Å². The summed E-state index contributed by atoms with van der Waals surface area (Å²) in [6.07, 6.45) is -1.49. The van der Waals surface area contributed by atoms with E-state index < -0.39 is 12.2 Å². The first-order chi connectivity index (χ1) is 10.4. The van der Waals surface area contributed by atoms with E-state index in [0.29, 0.717) is 22.4 Å². The number of hydrogen-bond donors (Lipinski definition) is 4. The maximum atomic E-state index is 10.5. The third-order valence-corrected chi connectivity index (χ3v) is 4.26. The third kappa shape index (κ3) is 2.14. The molecule has 1 aliphatic heterocycles. The van der Waals surface area contributed by atoms with Gasteiger partial charge < -0.3 is 25.2 Å². The second kappa shape index (κ2) is 5.10. The highest BCUT2D eigenvalue weighted by atomic mass is 16.5. The minimum Gasteiger partial charge on any atom is -0.508 e. The van der Waals surface area contributed by atoms with Crippen molar-refractivity contribution in [3.63, 3.8) is 0 Å². The molecule has 1 aliphatic rings. The minimum absolute atomic E-state index is 0.0516. The van der Waals surface area contributed by atoms with E-state index in [0.717, 1.165) is 0 Å². The number of fused-ring (bicyclic) bond motifs is 1. The maximum Gasteiger partial charge on any atom is 0.150 e. The van der Waals surface area contributed by atoms with Crippen molar-refractivity contribution >= 4 is 0 Å². The molecule has 2 aromatic carbocycles. The monoisotopic (exact) mass is 302 g/mol. The Kier molecular flexibility index (Phi) is 3.37. The molecule has 0 radical (unpaired) electrons. The van der Waals surface area contributed by atoms with Crippen LogP contribution in [0.4, 0.5) is 0 Å². The normalized spacial score (nSPS) is 23.7. The van der Waals surface area contributed by atoms with Crippen molar-refractivity contribution in [2.75, 3.05) is 0 Å². The van der Waals surface area contributed by atoms with Crippen molar-refractivity contribution in [1.29, 1.82) is 0 Å². The summed E-state index contributed by atoms with van der Waals surface area (Å²) in [5.41, 5.74) is 1.73. The second-order valence-electron chi connectivity index (χ2n) is 5.69. The van der Waals surface area contributed by atoms with E-state index in [9.17, 15) is 20.4 Å². The lowest BCUT2D eigenvalue weighted by atomic mass is 9.84. The van der Waals surface area contributed by atoms with E-state index >= 15 is 0 Å². The van der Waals surface area contributed by atoms with Gasteiger partial charge in [-0.25, -0.2) is 0 Å². The molecule has 0 bridgehead atoms. The number of hydrogen-bond acceptors (Lipinski definition) is 5. The standard InChI is InChI=1S/C17H18O5/c1-8-12(19)7-13(20)14-9(2)15(21)17(22-16(8)14)10-3-5-11(18)6-4-10/h3-7,9,15,17-21H,1-2H3. The van der Waals surface area contributed by atoms with Crippen LogP contribution in [0, 0.1) is 6.92 Å². The maximum absolute atomic E-state index is 10.5. The van der Waals surface area contributed by atoms with Crippen LogP contribution in [-0.4, -0.2) is 26.5 Å². The number of aliphatic hydroxyl groups is 1. The summed E-state index contributed by atoms with van der Waals surface area (Å²) in [6.45, 7) is 3.50. The fourth-order valence-corrected chi connectivity index (χ4v) is 2.90. The van der Waals surface area contributed by atoms with Gasteiger partial charge in [0, 0.05) is 23.1 Å². The van der Waals surface area contributed by atoms with Crippen LogP contribution in [-0.2, 0) is 0 Å². The van der Waals surface area contributed by atoms with Gasteiger partial charge >= 0.3 is 0 Å². The van der Waals surface area contributed by atoms with Gasteiger partial charge in [-0.1, -0.05) is 19.1 Å². The Morgan fingerprint density at radius 2 is 1.64 bits per heavy atom. The highest BCUT2D eigenvalue weighted by Crippen LogP contribution is 2.49. The minimum atomic E-state index is -0.855. The molecule has 4 N–H and O–H groups in total. The molecule has 5 heteroatoms. The predicted octanol–water partition coefficient (Wildman–Crippen LogP) is 2.71. The highest BCUT2D eigenvalue weighted by molar-refractivity contribution is 5.58. The van der Waals surface area contributed by atoms with Crippen LogP contribution in [0.1, 0.15) is 35.6 Å². The Hall–Kier alpha value is -2.40. The first kappa shape index (κ1) is 14.5. The summed E-state index contributed by atoms with van der Waals surface area (Å²) in [5, 5.41) is 39.8. The van der Waals surface area contributed by atoms with Crippen molar-refractivity contribution in [2.45, 2.75) is 32.0 Å². The van der Waals surface area contributed by atoms with Gasteiger partial charge in [0.25, 0.3) is 0 Å². The number of benzene rings is 2. The van der Waals surface area contributed by atoms with E-state index in [1.54, 1.807) is 26.0 Å². The molecule has 22 heavy (non-hydrogen) atoms. The average molecular weight is 302 g/mol. The van der Waals surface area contributed by atoms with Crippen LogP contribution in [0.3, 0.4) is 0 Å². The van der Waals surface area contributed by atoms with E-state index in [-0.39, 0.29) is 23.2 Å². The Bertz CT molecular complexity index is 708. The number of rotatable bonds is 1. The molecule has 0 saturated carbocycles. The summed E-state index contributed by atoms with van der Waals surface area (Å²) in [6, 6.07) is 7.68. The quantitative estimate of drug-likeness (QED) is 0.650. The lowest BCUT2D eigenvalue weighted by Crippen LogP contribution is -2.33. The Balaban J connectivity index is 2.10. The number of aliphatic hydroxyl groups excluding tert-OH is 1. The van der Waals surface area contributed by atoms with E-state index in [1.165, 1.54) is 18.2 Å². The van der Waals surface area contributed by atoms with Gasteiger partial charge in [-0.05, 0) is 24.6 Å². The zero-order valence-corrected chi connectivity index (χ0v) is 12.3. The third-order valence-electron chi connectivity index (χ3n) is 4.26. The SMILES string of the molecule is Cc1c(O)cc(O)c2c1OC(c1ccc(O)cc1)C(O)C2C. The lowest BCUT2D eigenvalue weighted by molar-refractivity contribution is 0.00223. The number of ether oxygens (including phenoxy) is 1. The van der Waals surface area contributed by atoms with Crippen molar-refractivity contribution in [3.05, 3.63) is 47.0 Å². The second-order valence-corrected chi connectivity index (χ2v) is 5.69. The fourth-order valence-electron chi connectivity index (χ4n) is 2.90.